The highest BCUT2D eigenvalue weighted by atomic mass is 16.4. The van der Waals surface area contributed by atoms with Gasteiger partial charge in [-0.15, -0.1) is 5.10 Å². The average Bonchev–Trinajstić information content (AvgIpc) is 3.18. The minimum atomic E-state index is 0.203. The topological polar surface area (TPSA) is 80.2 Å². The first kappa shape index (κ1) is 13.3. The van der Waals surface area contributed by atoms with E-state index in [0.29, 0.717) is 17.9 Å². The van der Waals surface area contributed by atoms with Crippen LogP contribution in [0, 0.1) is 6.92 Å². The van der Waals surface area contributed by atoms with Crippen molar-refractivity contribution < 1.29 is 8.83 Å². The Morgan fingerprint density at radius 3 is 2.95 bits per heavy atom. The molecule has 7 nitrogen and oxygen atoms in total. The number of hydrogen-bond acceptors (Lipinski definition) is 7. The maximum atomic E-state index is 5.69. The van der Waals surface area contributed by atoms with E-state index in [2.05, 4.69) is 32.4 Å². The van der Waals surface area contributed by atoms with Gasteiger partial charge in [0.25, 0.3) is 0 Å². The van der Waals surface area contributed by atoms with Gasteiger partial charge in [-0.25, -0.2) is 0 Å². The van der Waals surface area contributed by atoms with E-state index in [4.69, 9.17) is 8.83 Å². The van der Waals surface area contributed by atoms with Gasteiger partial charge >= 0.3 is 12.0 Å². The highest BCUT2D eigenvalue weighted by Crippen LogP contribution is 2.30. The maximum absolute atomic E-state index is 5.69. The van der Waals surface area contributed by atoms with Crippen LogP contribution in [0.3, 0.4) is 0 Å². The zero-order valence-corrected chi connectivity index (χ0v) is 12.5. The Morgan fingerprint density at radius 1 is 1.23 bits per heavy atom. The highest BCUT2D eigenvalue weighted by Gasteiger charge is 2.27. The highest BCUT2D eigenvalue weighted by molar-refractivity contribution is 5.75. The van der Waals surface area contributed by atoms with Crippen LogP contribution in [0.25, 0.3) is 11.1 Å². The van der Waals surface area contributed by atoms with Crippen molar-refractivity contribution in [2.75, 3.05) is 18.9 Å². The van der Waals surface area contributed by atoms with Crippen molar-refractivity contribution in [2.45, 2.75) is 25.8 Å². The molecular weight excluding hydrogens is 282 g/mol. The molecule has 4 rings (SSSR count). The fourth-order valence-electron chi connectivity index (χ4n) is 2.82. The third-order valence-electron chi connectivity index (χ3n) is 4.00. The quantitative estimate of drug-likeness (QED) is 0.796. The van der Waals surface area contributed by atoms with E-state index in [1.807, 2.05) is 25.1 Å². The molecule has 0 radical (unpaired) electrons. The number of anilines is 2. The molecule has 1 atom stereocenters. The summed E-state index contributed by atoms with van der Waals surface area (Å²) in [5.74, 6) is 0.634. The van der Waals surface area contributed by atoms with Gasteiger partial charge in [-0.05, 0) is 51.1 Å². The molecule has 0 bridgehead atoms. The number of benzene rings is 1. The molecular formula is C15H17N5O2. The minimum absolute atomic E-state index is 0.203. The first-order chi connectivity index (χ1) is 10.7. The van der Waals surface area contributed by atoms with Crippen LogP contribution in [-0.2, 0) is 0 Å². The lowest BCUT2D eigenvalue weighted by Gasteiger charge is -2.14. The maximum Gasteiger partial charge on any atom is 0.323 e. The summed E-state index contributed by atoms with van der Waals surface area (Å²) in [6.45, 7) is 3.07. The van der Waals surface area contributed by atoms with E-state index in [1.165, 1.54) is 0 Å². The summed E-state index contributed by atoms with van der Waals surface area (Å²) in [4.78, 5) is 6.60. The number of aromatic nitrogens is 3. The predicted octanol–water partition coefficient (Wildman–Crippen LogP) is 3.03. The van der Waals surface area contributed by atoms with Crippen LogP contribution in [0.5, 0.6) is 0 Å². The summed E-state index contributed by atoms with van der Waals surface area (Å²) in [7, 11) is 2.07. The van der Waals surface area contributed by atoms with E-state index in [9.17, 15) is 0 Å². The number of likely N-dealkylation sites (tertiary alicyclic amines) is 1. The zero-order valence-electron chi connectivity index (χ0n) is 12.5. The van der Waals surface area contributed by atoms with Gasteiger partial charge < -0.3 is 8.83 Å². The van der Waals surface area contributed by atoms with Crippen molar-refractivity contribution >= 4 is 23.1 Å². The van der Waals surface area contributed by atoms with E-state index in [-0.39, 0.29) is 6.04 Å². The van der Waals surface area contributed by atoms with Crippen LogP contribution in [0.15, 0.2) is 27.0 Å². The zero-order chi connectivity index (χ0) is 15.1. The third kappa shape index (κ3) is 2.33. The third-order valence-corrected chi connectivity index (χ3v) is 4.00. The van der Waals surface area contributed by atoms with E-state index in [0.717, 1.165) is 36.0 Å². The molecule has 3 heterocycles. The Labute approximate surface area is 127 Å². The summed E-state index contributed by atoms with van der Waals surface area (Å²) < 4.78 is 11.3. The Morgan fingerprint density at radius 2 is 2.14 bits per heavy atom. The number of hydrogen-bond donors (Lipinski definition) is 1. The van der Waals surface area contributed by atoms with Crippen LogP contribution in [-0.4, -0.2) is 33.7 Å². The lowest BCUT2D eigenvalue weighted by atomic mass is 10.2. The molecule has 1 saturated heterocycles. The molecule has 2 aromatic heterocycles. The normalized spacial score (nSPS) is 19.1. The summed E-state index contributed by atoms with van der Waals surface area (Å²) >= 11 is 0. The fourth-order valence-corrected chi connectivity index (χ4v) is 2.82. The average molecular weight is 299 g/mol. The van der Waals surface area contributed by atoms with Crippen molar-refractivity contribution in [3.63, 3.8) is 0 Å². The number of aryl methyl sites for hydroxylation is 1. The van der Waals surface area contributed by atoms with Crippen LogP contribution in [0.1, 0.15) is 30.3 Å². The molecule has 1 aliphatic heterocycles. The molecule has 0 spiro atoms. The Kier molecular flexibility index (Phi) is 3.07. The van der Waals surface area contributed by atoms with E-state index in [1.54, 1.807) is 0 Å². The second kappa shape index (κ2) is 5.10. The number of nitrogens with one attached hydrogen (secondary N) is 1. The summed E-state index contributed by atoms with van der Waals surface area (Å²) in [5, 5.41) is 11.1. The molecule has 114 valence electrons. The van der Waals surface area contributed by atoms with Gasteiger partial charge in [-0.1, -0.05) is 11.2 Å². The second-order valence-electron chi connectivity index (χ2n) is 5.70. The predicted molar refractivity (Wildman–Crippen MR) is 80.9 cm³/mol. The van der Waals surface area contributed by atoms with Crippen molar-refractivity contribution in [3.8, 4) is 0 Å². The van der Waals surface area contributed by atoms with Crippen molar-refractivity contribution in [1.29, 1.82) is 0 Å². The molecule has 0 amide bonds. The molecule has 1 aromatic carbocycles. The van der Waals surface area contributed by atoms with Crippen LogP contribution < -0.4 is 5.32 Å². The molecule has 0 unspecified atom stereocenters. The van der Waals surface area contributed by atoms with E-state index < -0.39 is 0 Å². The minimum Gasteiger partial charge on any atom is -0.423 e. The Bertz CT molecular complexity index is 809. The number of nitrogens with zero attached hydrogens (tertiary/aromatic N) is 4. The van der Waals surface area contributed by atoms with Crippen LogP contribution in [0.4, 0.5) is 12.0 Å². The second-order valence-corrected chi connectivity index (χ2v) is 5.70. The van der Waals surface area contributed by atoms with Crippen molar-refractivity contribution in [1.82, 2.24) is 20.1 Å². The summed E-state index contributed by atoms with van der Waals surface area (Å²) in [6, 6.07) is 6.72. The van der Waals surface area contributed by atoms with Crippen molar-refractivity contribution in [3.05, 3.63) is 29.7 Å². The van der Waals surface area contributed by atoms with Gasteiger partial charge in [-0.2, -0.15) is 4.98 Å². The fraction of sp³-hybridized carbons (Fsp3) is 0.400. The summed E-state index contributed by atoms with van der Waals surface area (Å²) in [5.41, 5.74) is 2.66. The molecule has 22 heavy (non-hydrogen) atoms. The SMILES string of the molecule is Cc1ccc2oc(Nc3nnc([C@H]4CCCN4C)o3)nc2c1. The lowest BCUT2D eigenvalue weighted by Crippen LogP contribution is -2.17. The molecule has 1 N–H and O–H groups in total. The molecule has 1 aliphatic rings. The number of fused-ring (bicyclic) bond motifs is 1. The van der Waals surface area contributed by atoms with Crippen molar-refractivity contribution in [2.24, 2.45) is 0 Å². The lowest BCUT2D eigenvalue weighted by molar-refractivity contribution is 0.270. The first-order valence-electron chi connectivity index (χ1n) is 7.37. The van der Waals surface area contributed by atoms with Gasteiger partial charge in [0, 0.05) is 0 Å². The van der Waals surface area contributed by atoms with Gasteiger partial charge in [0.1, 0.15) is 5.52 Å². The first-order valence-corrected chi connectivity index (χ1v) is 7.37. The Balaban J connectivity index is 1.56. The molecule has 3 aromatic rings. The van der Waals surface area contributed by atoms with Gasteiger partial charge in [0.2, 0.25) is 5.89 Å². The van der Waals surface area contributed by atoms with E-state index >= 15 is 0 Å². The molecule has 1 fully saturated rings. The van der Waals surface area contributed by atoms with Crippen LogP contribution in [0.2, 0.25) is 0 Å². The number of rotatable bonds is 3. The largest absolute Gasteiger partial charge is 0.423 e. The number of oxazole rings is 1. The van der Waals surface area contributed by atoms with Gasteiger partial charge in [-0.3, -0.25) is 10.2 Å². The van der Waals surface area contributed by atoms with Gasteiger partial charge in [0.15, 0.2) is 5.58 Å². The summed E-state index contributed by atoms with van der Waals surface area (Å²) in [6.07, 6.45) is 2.19. The van der Waals surface area contributed by atoms with Crippen LogP contribution >= 0.6 is 0 Å². The Hall–Kier alpha value is -2.41. The monoisotopic (exact) mass is 299 g/mol. The molecule has 0 saturated carbocycles. The standard InChI is InChI=1S/C15H17N5O2/c1-9-5-6-12-10(8-9)16-14(21-12)17-15-19-18-13(22-15)11-4-3-7-20(11)2/h5-6,8,11H,3-4,7H2,1-2H3,(H,16,17,19)/t11-/m1/s1. The molecule has 0 aliphatic carbocycles. The van der Waals surface area contributed by atoms with Gasteiger partial charge in [0.05, 0.1) is 6.04 Å². The molecule has 7 heteroatoms. The smallest absolute Gasteiger partial charge is 0.323 e.